The minimum Gasteiger partial charge on any atom is -0.494 e. The van der Waals surface area contributed by atoms with Crippen LogP contribution in [-0.4, -0.2) is 19.2 Å². The summed E-state index contributed by atoms with van der Waals surface area (Å²) in [5, 5.41) is 0. The third kappa shape index (κ3) is 4.39. The van der Waals surface area contributed by atoms with Gasteiger partial charge in [-0.25, -0.2) is 0 Å². The van der Waals surface area contributed by atoms with Gasteiger partial charge in [0, 0.05) is 0 Å². The fourth-order valence-electron chi connectivity index (χ4n) is 1.52. The van der Waals surface area contributed by atoms with Crippen molar-refractivity contribution in [3.63, 3.8) is 0 Å². The third-order valence-corrected chi connectivity index (χ3v) is 2.57. The molecule has 1 aromatic rings. The lowest BCUT2D eigenvalue weighted by Crippen LogP contribution is -2.02. The first-order valence-corrected chi connectivity index (χ1v) is 5.95. The summed E-state index contributed by atoms with van der Waals surface area (Å²) < 4.78 is 5.53. The van der Waals surface area contributed by atoms with Gasteiger partial charge in [0.25, 0.3) is 0 Å². The summed E-state index contributed by atoms with van der Waals surface area (Å²) in [6.07, 6.45) is 4.66. The van der Waals surface area contributed by atoms with Crippen LogP contribution in [0.25, 0.3) is 0 Å². The number of aldehydes is 2. The maximum atomic E-state index is 10.6. The SMILES string of the molecule is CCCCCOc1ccc(C(C=O)C=O)cc1. The van der Waals surface area contributed by atoms with E-state index in [1.165, 1.54) is 6.42 Å². The molecule has 0 aliphatic carbocycles. The molecule has 3 heteroatoms. The molecule has 0 amide bonds. The smallest absolute Gasteiger partial charge is 0.134 e. The van der Waals surface area contributed by atoms with E-state index >= 15 is 0 Å². The second-order valence-corrected chi connectivity index (χ2v) is 3.92. The molecule has 0 aliphatic heterocycles. The van der Waals surface area contributed by atoms with Gasteiger partial charge in [-0.05, 0) is 24.1 Å². The van der Waals surface area contributed by atoms with Crippen molar-refractivity contribution < 1.29 is 14.3 Å². The van der Waals surface area contributed by atoms with E-state index in [0.29, 0.717) is 24.7 Å². The van der Waals surface area contributed by atoms with Crippen LogP contribution in [0, 0.1) is 0 Å². The summed E-state index contributed by atoms with van der Waals surface area (Å²) in [6.45, 7) is 2.85. The first kappa shape index (κ1) is 13.4. The number of carbonyl (C=O) groups is 2. The van der Waals surface area contributed by atoms with E-state index in [2.05, 4.69) is 6.92 Å². The Balaban J connectivity index is 2.49. The normalized spacial score (nSPS) is 10.2. The van der Waals surface area contributed by atoms with Crippen LogP contribution < -0.4 is 4.74 Å². The molecule has 92 valence electrons. The average molecular weight is 234 g/mol. The zero-order valence-electron chi connectivity index (χ0n) is 10.1. The zero-order valence-corrected chi connectivity index (χ0v) is 10.1. The van der Waals surface area contributed by atoms with E-state index in [9.17, 15) is 9.59 Å². The second kappa shape index (κ2) is 7.60. The van der Waals surface area contributed by atoms with Crippen molar-refractivity contribution in [1.82, 2.24) is 0 Å². The molecule has 0 atom stereocenters. The van der Waals surface area contributed by atoms with Gasteiger partial charge in [-0.15, -0.1) is 0 Å². The van der Waals surface area contributed by atoms with Gasteiger partial charge in [0.1, 0.15) is 18.3 Å². The molecule has 0 bridgehead atoms. The molecular formula is C14H18O3. The molecule has 0 aliphatic rings. The zero-order chi connectivity index (χ0) is 12.5. The molecule has 0 heterocycles. The predicted molar refractivity (Wildman–Crippen MR) is 66.3 cm³/mol. The van der Waals surface area contributed by atoms with E-state index in [1.54, 1.807) is 24.3 Å². The molecule has 1 rings (SSSR count). The Labute approximate surface area is 102 Å². The highest BCUT2D eigenvalue weighted by molar-refractivity contribution is 5.84. The molecule has 0 radical (unpaired) electrons. The van der Waals surface area contributed by atoms with Crippen LogP contribution in [0.1, 0.15) is 37.7 Å². The molecule has 3 nitrogen and oxygen atoms in total. The summed E-state index contributed by atoms with van der Waals surface area (Å²) in [7, 11) is 0. The first-order chi connectivity index (χ1) is 8.31. The number of rotatable bonds is 8. The van der Waals surface area contributed by atoms with Crippen LogP contribution >= 0.6 is 0 Å². The number of hydrogen-bond donors (Lipinski definition) is 0. The summed E-state index contributed by atoms with van der Waals surface area (Å²) >= 11 is 0. The summed E-state index contributed by atoms with van der Waals surface area (Å²) in [5.74, 6) is 0.115. The topological polar surface area (TPSA) is 43.4 Å². The minimum atomic E-state index is -0.663. The fraction of sp³-hybridized carbons (Fsp3) is 0.429. The van der Waals surface area contributed by atoms with Gasteiger partial charge in [0.15, 0.2) is 0 Å². The van der Waals surface area contributed by atoms with Crippen LogP contribution in [0.5, 0.6) is 5.75 Å². The van der Waals surface area contributed by atoms with Crippen LogP contribution in [0.2, 0.25) is 0 Å². The number of hydrogen-bond acceptors (Lipinski definition) is 3. The van der Waals surface area contributed by atoms with E-state index < -0.39 is 5.92 Å². The van der Waals surface area contributed by atoms with Crippen LogP contribution in [-0.2, 0) is 9.59 Å². The van der Waals surface area contributed by atoms with E-state index in [4.69, 9.17) is 4.74 Å². The van der Waals surface area contributed by atoms with Crippen molar-refractivity contribution in [1.29, 1.82) is 0 Å². The third-order valence-electron chi connectivity index (χ3n) is 2.57. The Bertz CT molecular complexity index is 335. The van der Waals surface area contributed by atoms with Crippen molar-refractivity contribution in [3.8, 4) is 5.75 Å². The predicted octanol–water partition coefficient (Wildman–Crippen LogP) is 2.74. The quantitative estimate of drug-likeness (QED) is 0.394. The lowest BCUT2D eigenvalue weighted by atomic mass is 10.0. The van der Waals surface area contributed by atoms with Gasteiger partial charge < -0.3 is 14.3 Å². The Morgan fingerprint density at radius 2 is 1.76 bits per heavy atom. The maximum Gasteiger partial charge on any atom is 0.134 e. The monoisotopic (exact) mass is 234 g/mol. The summed E-state index contributed by atoms with van der Waals surface area (Å²) in [4.78, 5) is 21.2. The molecule has 0 fully saturated rings. The summed E-state index contributed by atoms with van der Waals surface area (Å²) in [6, 6.07) is 7.09. The standard InChI is InChI=1S/C14H18O3/c1-2-3-4-9-17-14-7-5-12(6-8-14)13(10-15)11-16/h5-8,10-11,13H,2-4,9H2,1H3. The Morgan fingerprint density at radius 1 is 1.12 bits per heavy atom. The van der Waals surface area contributed by atoms with Crippen molar-refractivity contribution in [2.24, 2.45) is 0 Å². The summed E-state index contributed by atoms with van der Waals surface area (Å²) in [5.41, 5.74) is 0.705. The molecule has 17 heavy (non-hydrogen) atoms. The molecule has 0 aromatic heterocycles. The highest BCUT2D eigenvalue weighted by Gasteiger charge is 2.08. The Kier molecular flexibility index (Phi) is 6.00. The largest absolute Gasteiger partial charge is 0.494 e. The number of carbonyl (C=O) groups excluding carboxylic acids is 2. The van der Waals surface area contributed by atoms with E-state index in [0.717, 1.165) is 18.6 Å². The van der Waals surface area contributed by atoms with Gasteiger partial charge in [-0.3, -0.25) is 0 Å². The molecule has 0 saturated heterocycles. The van der Waals surface area contributed by atoms with Crippen molar-refractivity contribution in [3.05, 3.63) is 29.8 Å². The van der Waals surface area contributed by atoms with Crippen molar-refractivity contribution in [2.45, 2.75) is 32.1 Å². The number of ether oxygens (including phenoxy) is 1. The molecular weight excluding hydrogens is 216 g/mol. The average Bonchev–Trinajstić information content (AvgIpc) is 2.38. The second-order valence-electron chi connectivity index (χ2n) is 3.92. The van der Waals surface area contributed by atoms with E-state index in [1.807, 2.05) is 0 Å². The van der Waals surface area contributed by atoms with Crippen LogP contribution in [0.4, 0.5) is 0 Å². The number of unbranched alkanes of at least 4 members (excludes halogenated alkanes) is 2. The van der Waals surface area contributed by atoms with Gasteiger partial charge in [-0.2, -0.15) is 0 Å². The molecule has 0 unspecified atom stereocenters. The maximum absolute atomic E-state index is 10.6. The van der Waals surface area contributed by atoms with Crippen molar-refractivity contribution in [2.75, 3.05) is 6.61 Å². The molecule has 0 spiro atoms. The fourth-order valence-corrected chi connectivity index (χ4v) is 1.52. The van der Waals surface area contributed by atoms with Gasteiger partial charge in [-0.1, -0.05) is 31.9 Å². The number of benzene rings is 1. The molecule has 0 saturated carbocycles. The van der Waals surface area contributed by atoms with Gasteiger partial charge >= 0.3 is 0 Å². The van der Waals surface area contributed by atoms with Crippen LogP contribution in [0.3, 0.4) is 0 Å². The minimum absolute atomic E-state index is 0.643. The lowest BCUT2D eigenvalue weighted by Gasteiger charge is -2.07. The highest BCUT2D eigenvalue weighted by atomic mass is 16.5. The molecule has 1 aromatic carbocycles. The van der Waals surface area contributed by atoms with Gasteiger partial charge in [0.2, 0.25) is 0 Å². The first-order valence-electron chi connectivity index (χ1n) is 5.95. The van der Waals surface area contributed by atoms with E-state index in [-0.39, 0.29) is 0 Å². The van der Waals surface area contributed by atoms with Crippen molar-refractivity contribution >= 4 is 12.6 Å². The van der Waals surface area contributed by atoms with Gasteiger partial charge in [0.05, 0.1) is 12.5 Å². The lowest BCUT2D eigenvalue weighted by molar-refractivity contribution is -0.116. The Morgan fingerprint density at radius 3 is 2.29 bits per heavy atom. The van der Waals surface area contributed by atoms with Crippen LogP contribution in [0.15, 0.2) is 24.3 Å². The molecule has 0 N–H and O–H groups in total. The highest BCUT2D eigenvalue weighted by Crippen LogP contribution is 2.17. The Hall–Kier alpha value is -1.64.